The fraction of sp³-hybridized carbons (Fsp3) is 0.857. The number of hydrogen-bond acceptors (Lipinski definition) is 2. The summed E-state index contributed by atoms with van der Waals surface area (Å²) in [5.41, 5.74) is 0. The van der Waals surface area contributed by atoms with E-state index in [-0.39, 0.29) is 13.0 Å². The van der Waals surface area contributed by atoms with E-state index in [2.05, 4.69) is 5.32 Å². The molecule has 70 valence electrons. The summed E-state index contributed by atoms with van der Waals surface area (Å²) in [4.78, 5) is 10.4. The summed E-state index contributed by atoms with van der Waals surface area (Å²) in [5, 5.41) is 11.1. The second-order valence-corrected chi connectivity index (χ2v) is 2.96. The molecular formula is C7H11F2NO2. The van der Waals surface area contributed by atoms with Gasteiger partial charge in [-0.05, 0) is 12.8 Å². The Bertz CT molecular complexity index is 167. The van der Waals surface area contributed by atoms with E-state index in [1.807, 2.05) is 0 Å². The Balaban J connectivity index is 2.34. The van der Waals surface area contributed by atoms with Crippen LogP contribution in [0.25, 0.3) is 0 Å². The molecule has 2 atom stereocenters. The number of carboxylic acid groups (broad SMARTS) is 1. The van der Waals surface area contributed by atoms with Crippen molar-refractivity contribution in [1.82, 2.24) is 5.32 Å². The molecular weight excluding hydrogens is 168 g/mol. The Kier molecular flexibility index (Phi) is 2.97. The smallest absolute Gasteiger partial charge is 0.307 e. The number of carbonyl (C=O) groups is 1. The molecule has 2 N–H and O–H groups in total. The number of halogens is 2. The van der Waals surface area contributed by atoms with Crippen LogP contribution in [0.3, 0.4) is 0 Å². The minimum Gasteiger partial charge on any atom is -0.481 e. The van der Waals surface area contributed by atoms with Crippen LogP contribution >= 0.6 is 0 Å². The molecule has 0 amide bonds. The molecule has 0 aliphatic carbocycles. The molecule has 0 aromatic heterocycles. The van der Waals surface area contributed by atoms with Gasteiger partial charge in [-0.15, -0.1) is 0 Å². The molecule has 1 heterocycles. The lowest BCUT2D eigenvalue weighted by Gasteiger charge is -2.26. The van der Waals surface area contributed by atoms with Crippen molar-refractivity contribution in [2.75, 3.05) is 6.54 Å². The average molecular weight is 179 g/mol. The maximum absolute atomic E-state index is 12.0. The number of nitrogens with one attached hydrogen (secondary N) is 1. The van der Waals surface area contributed by atoms with Crippen LogP contribution in [-0.4, -0.2) is 30.1 Å². The minimum atomic E-state index is -2.39. The van der Waals surface area contributed by atoms with E-state index in [0.717, 1.165) is 0 Å². The fourth-order valence-electron chi connectivity index (χ4n) is 1.30. The quantitative estimate of drug-likeness (QED) is 0.656. The monoisotopic (exact) mass is 179 g/mol. The average Bonchev–Trinajstić information content (AvgIpc) is 2.04. The van der Waals surface area contributed by atoms with Gasteiger partial charge in [0.2, 0.25) is 0 Å². The third-order valence-electron chi connectivity index (χ3n) is 2.11. The number of aliphatic carboxylic acids is 1. The SMILES string of the molecule is O=C(O)C1CCC(C(F)F)NC1. The first kappa shape index (κ1) is 9.38. The van der Waals surface area contributed by atoms with Crippen LogP contribution in [-0.2, 0) is 4.79 Å². The Hall–Kier alpha value is -0.710. The van der Waals surface area contributed by atoms with E-state index in [1.54, 1.807) is 0 Å². The lowest BCUT2D eigenvalue weighted by atomic mass is 9.95. The Morgan fingerprint density at radius 2 is 2.17 bits per heavy atom. The van der Waals surface area contributed by atoms with Crippen LogP contribution in [0, 0.1) is 5.92 Å². The van der Waals surface area contributed by atoms with Crippen molar-refractivity contribution in [2.24, 2.45) is 5.92 Å². The molecule has 0 aromatic rings. The molecule has 0 radical (unpaired) electrons. The molecule has 0 saturated carbocycles. The zero-order valence-corrected chi connectivity index (χ0v) is 6.46. The highest BCUT2D eigenvalue weighted by molar-refractivity contribution is 5.70. The van der Waals surface area contributed by atoms with Crippen LogP contribution in [0.1, 0.15) is 12.8 Å². The summed E-state index contributed by atoms with van der Waals surface area (Å²) < 4.78 is 24.1. The van der Waals surface area contributed by atoms with Crippen LogP contribution in [0.2, 0.25) is 0 Å². The second-order valence-electron chi connectivity index (χ2n) is 2.96. The van der Waals surface area contributed by atoms with Crippen molar-refractivity contribution in [3.8, 4) is 0 Å². The van der Waals surface area contributed by atoms with Gasteiger partial charge in [0, 0.05) is 6.54 Å². The molecule has 1 aliphatic rings. The molecule has 12 heavy (non-hydrogen) atoms. The highest BCUT2D eigenvalue weighted by Crippen LogP contribution is 2.18. The van der Waals surface area contributed by atoms with Gasteiger partial charge in [-0.1, -0.05) is 0 Å². The van der Waals surface area contributed by atoms with Crippen molar-refractivity contribution in [3.05, 3.63) is 0 Å². The zero-order valence-electron chi connectivity index (χ0n) is 6.46. The predicted molar refractivity (Wildman–Crippen MR) is 38.2 cm³/mol. The van der Waals surface area contributed by atoms with Crippen LogP contribution in [0.5, 0.6) is 0 Å². The largest absolute Gasteiger partial charge is 0.481 e. The molecule has 1 saturated heterocycles. The van der Waals surface area contributed by atoms with E-state index in [1.165, 1.54) is 0 Å². The maximum atomic E-state index is 12.0. The molecule has 5 heteroatoms. The van der Waals surface area contributed by atoms with E-state index in [4.69, 9.17) is 5.11 Å². The van der Waals surface area contributed by atoms with E-state index in [0.29, 0.717) is 6.42 Å². The lowest BCUT2D eigenvalue weighted by Crippen LogP contribution is -2.45. The maximum Gasteiger partial charge on any atom is 0.307 e. The van der Waals surface area contributed by atoms with Gasteiger partial charge in [0.1, 0.15) is 0 Å². The van der Waals surface area contributed by atoms with Gasteiger partial charge in [0.05, 0.1) is 12.0 Å². The summed E-state index contributed by atoms with van der Waals surface area (Å²) in [6.45, 7) is 0.157. The first-order valence-electron chi connectivity index (χ1n) is 3.85. The summed E-state index contributed by atoms with van der Waals surface area (Å²) in [7, 11) is 0. The number of alkyl halides is 2. The topological polar surface area (TPSA) is 49.3 Å². The van der Waals surface area contributed by atoms with Gasteiger partial charge in [-0.2, -0.15) is 0 Å². The van der Waals surface area contributed by atoms with Crippen LogP contribution < -0.4 is 5.32 Å². The lowest BCUT2D eigenvalue weighted by molar-refractivity contribution is -0.142. The summed E-state index contributed by atoms with van der Waals surface area (Å²) >= 11 is 0. The Morgan fingerprint density at radius 3 is 2.50 bits per heavy atom. The van der Waals surface area contributed by atoms with Crippen molar-refractivity contribution < 1.29 is 18.7 Å². The molecule has 1 aliphatic heterocycles. The minimum absolute atomic E-state index is 0.157. The predicted octanol–water partition coefficient (Wildman–Crippen LogP) is 0.704. The van der Waals surface area contributed by atoms with Crippen molar-refractivity contribution in [1.29, 1.82) is 0 Å². The van der Waals surface area contributed by atoms with Crippen molar-refractivity contribution >= 4 is 5.97 Å². The van der Waals surface area contributed by atoms with Gasteiger partial charge < -0.3 is 10.4 Å². The van der Waals surface area contributed by atoms with Crippen molar-refractivity contribution in [3.63, 3.8) is 0 Å². The second kappa shape index (κ2) is 3.80. The van der Waals surface area contributed by atoms with Gasteiger partial charge in [-0.25, -0.2) is 8.78 Å². The van der Waals surface area contributed by atoms with Gasteiger partial charge >= 0.3 is 5.97 Å². The highest BCUT2D eigenvalue weighted by atomic mass is 19.3. The van der Waals surface area contributed by atoms with Crippen LogP contribution in [0.15, 0.2) is 0 Å². The number of hydrogen-bond donors (Lipinski definition) is 2. The van der Waals surface area contributed by atoms with E-state index < -0.39 is 24.4 Å². The highest BCUT2D eigenvalue weighted by Gasteiger charge is 2.29. The van der Waals surface area contributed by atoms with E-state index >= 15 is 0 Å². The zero-order chi connectivity index (χ0) is 9.14. The normalized spacial score (nSPS) is 30.6. The van der Waals surface area contributed by atoms with Gasteiger partial charge in [0.15, 0.2) is 0 Å². The number of rotatable bonds is 2. The van der Waals surface area contributed by atoms with E-state index in [9.17, 15) is 13.6 Å². The Labute approximate surface area is 68.8 Å². The molecule has 1 rings (SSSR count). The third-order valence-corrected chi connectivity index (χ3v) is 2.11. The van der Waals surface area contributed by atoms with Gasteiger partial charge in [0.25, 0.3) is 6.43 Å². The number of carboxylic acids is 1. The summed E-state index contributed by atoms with van der Waals surface area (Å²) in [5.74, 6) is -1.41. The van der Waals surface area contributed by atoms with Crippen LogP contribution in [0.4, 0.5) is 8.78 Å². The third kappa shape index (κ3) is 2.14. The standard InChI is InChI=1S/C7H11F2NO2/c8-6(9)5-2-1-4(3-10-5)7(11)12/h4-6,10H,1-3H2,(H,11,12). The molecule has 0 spiro atoms. The molecule has 1 fully saturated rings. The molecule has 0 bridgehead atoms. The molecule has 0 aromatic carbocycles. The summed E-state index contributed by atoms with van der Waals surface area (Å²) in [6.07, 6.45) is -1.80. The fourth-order valence-corrected chi connectivity index (χ4v) is 1.30. The molecule has 2 unspecified atom stereocenters. The first-order valence-corrected chi connectivity index (χ1v) is 3.85. The first-order chi connectivity index (χ1) is 5.61. The van der Waals surface area contributed by atoms with Gasteiger partial charge in [-0.3, -0.25) is 4.79 Å². The van der Waals surface area contributed by atoms with Crippen molar-refractivity contribution in [2.45, 2.75) is 25.3 Å². The summed E-state index contributed by atoms with van der Waals surface area (Å²) in [6, 6.07) is -0.819. The Morgan fingerprint density at radius 1 is 1.50 bits per heavy atom. The number of piperidine rings is 1. The molecule has 3 nitrogen and oxygen atoms in total.